The molecule has 1 aromatic rings. The quantitative estimate of drug-likeness (QED) is 0.746. The molecular formula is C14H23NO. The monoisotopic (exact) mass is 221 g/mol. The normalized spacial score (nSPS) is 11.5. The van der Waals surface area contributed by atoms with E-state index in [0.29, 0.717) is 0 Å². The minimum atomic E-state index is 0.143. The van der Waals surface area contributed by atoms with Gasteiger partial charge < -0.3 is 10.1 Å². The molecule has 0 saturated heterocycles. The van der Waals surface area contributed by atoms with Crippen LogP contribution in [0, 0.1) is 0 Å². The van der Waals surface area contributed by atoms with Crippen LogP contribution < -0.4 is 10.1 Å². The molecular weight excluding hydrogens is 198 g/mol. The summed E-state index contributed by atoms with van der Waals surface area (Å²) in [5.74, 6) is 0.932. The maximum Gasteiger partial charge on any atom is 0.119 e. The molecule has 16 heavy (non-hydrogen) atoms. The zero-order valence-corrected chi connectivity index (χ0v) is 10.8. The topological polar surface area (TPSA) is 21.3 Å². The lowest BCUT2D eigenvalue weighted by Crippen LogP contribution is -2.33. The molecule has 0 atom stereocenters. The Labute approximate surface area is 99.0 Å². The van der Waals surface area contributed by atoms with Crippen molar-refractivity contribution in [3.05, 3.63) is 29.8 Å². The summed E-state index contributed by atoms with van der Waals surface area (Å²) in [6.45, 7) is 8.77. The fraction of sp³-hybridized carbons (Fsp3) is 0.571. The van der Waals surface area contributed by atoms with Crippen molar-refractivity contribution in [3.8, 4) is 5.75 Å². The van der Waals surface area contributed by atoms with Crippen LogP contribution in [-0.4, -0.2) is 20.2 Å². The lowest BCUT2D eigenvalue weighted by Gasteiger charge is -2.26. The zero-order valence-electron chi connectivity index (χ0n) is 10.8. The molecule has 0 aliphatic rings. The van der Waals surface area contributed by atoms with Gasteiger partial charge >= 0.3 is 0 Å². The number of nitrogens with one attached hydrogen (secondary N) is 1. The van der Waals surface area contributed by atoms with Crippen molar-refractivity contribution in [2.75, 3.05) is 20.2 Å². The van der Waals surface area contributed by atoms with Gasteiger partial charge in [0.2, 0.25) is 0 Å². The summed E-state index contributed by atoms with van der Waals surface area (Å²) < 4.78 is 5.26. The first kappa shape index (κ1) is 13.0. The number of hydrogen-bond donors (Lipinski definition) is 1. The summed E-state index contributed by atoms with van der Waals surface area (Å²) >= 11 is 0. The average molecular weight is 221 g/mol. The lowest BCUT2D eigenvalue weighted by molar-refractivity contribution is 0.410. The molecule has 2 heteroatoms. The van der Waals surface area contributed by atoms with Crippen LogP contribution in [0.25, 0.3) is 0 Å². The van der Waals surface area contributed by atoms with E-state index in [-0.39, 0.29) is 5.41 Å². The minimum Gasteiger partial charge on any atom is -0.497 e. The summed E-state index contributed by atoms with van der Waals surface area (Å²) in [7, 11) is 1.71. The van der Waals surface area contributed by atoms with Crippen LogP contribution in [0.15, 0.2) is 24.3 Å². The SMILES string of the molecule is CCCNCC(C)(C)c1cccc(OC)c1. The fourth-order valence-corrected chi connectivity index (χ4v) is 1.72. The third-order valence-corrected chi connectivity index (χ3v) is 2.84. The first-order valence-electron chi connectivity index (χ1n) is 5.95. The van der Waals surface area contributed by atoms with E-state index in [1.165, 1.54) is 12.0 Å². The summed E-state index contributed by atoms with van der Waals surface area (Å²) in [6, 6.07) is 8.32. The Hall–Kier alpha value is -1.02. The van der Waals surface area contributed by atoms with Gasteiger partial charge in [-0.25, -0.2) is 0 Å². The van der Waals surface area contributed by atoms with Crippen LogP contribution >= 0.6 is 0 Å². The largest absolute Gasteiger partial charge is 0.497 e. The molecule has 0 fully saturated rings. The molecule has 0 amide bonds. The van der Waals surface area contributed by atoms with Crippen LogP contribution in [-0.2, 0) is 5.41 Å². The molecule has 1 N–H and O–H groups in total. The van der Waals surface area contributed by atoms with E-state index in [4.69, 9.17) is 4.74 Å². The number of ether oxygens (including phenoxy) is 1. The van der Waals surface area contributed by atoms with Crippen molar-refractivity contribution in [1.82, 2.24) is 5.32 Å². The first-order valence-corrected chi connectivity index (χ1v) is 5.95. The van der Waals surface area contributed by atoms with E-state index in [0.717, 1.165) is 18.8 Å². The molecule has 0 aliphatic carbocycles. The molecule has 0 radical (unpaired) electrons. The average Bonchev–Trinajstić information content (AvgIpc) is 2.29. The van der Waals surface area contributed by atoms with Crippen molar-refractivity contribution in [1.29, 1.82) is 0 Å². The molecule has 1 aromatic carbocycles. The van der Waals surface area contributed by atoms with Gasteiger partial charge in [0, 0.05) is 12.0 Å². The van der Waals surface area contributed by atoms with Gasteiger partial charge in [-0.2, -0.15) is 0 Å². The van der Waals surface area contributed by atoms with Gasteiger partial charge in [-0.15, -0.1) is 0 Å². The fourth-order valence-electron chi connectivity index (χ4n) is 1.72. The van der Waals surface area contributed by atoms with Crippen molar-refractivity contribution in [2.45, 2.75) is 32.6 Å². The van der Waals surface area contributed by atoms with Crippen LogP contribution in [0.4, 0.5) is 0 Å². The van der Waals surface area contributed by atoms with Crippen molar-refractivity contribution in [2.24, 2.45) is 0 Å². The number of rotatable bonds is 6. The molecule has 2 nitrogen and oxygen atoms in total. The summed E-state index contributed by atoms with van der Waals surface area (Å²) in [5, 5.41) is 3.47. The Morgan fingerprint density at radius 3 is 2.69 bits per heavy atom. The maximum atomic E-state index is 5.26. The Balaban J connectivity index is 2.72. The van der Waals surface area contributed by atoms with Gasteiger partial charge in [0.25, 0.3) is 0 Å². The predicted molar refractivity (Wildman–Crippen MR) is 69.2 cm³/mol. The molecule has 0 aliphatic heterocycles. The van der Waals surface area contributed by atoms with Crippen LogP contribution in [0.5, 0.6) is 5.75 Å². The van der Waals surface area contributed by atoms with Crippen molar-refractivity contribution < 1.29 is 4.74 Å². The third kappa shape index (κ3) is 3.53. The van der Waals surface area contributed by atoms with E-state index < -0.39 is 0 Å². The van der Waals surface area contributed by atoms with Crippen LogP contribution in [0.3, 0.4) is 0 Å². The minimum absolute atomic E-state index is 0.143. The van der Waals surface area contributed by atoms with Crippen molar-refractivity contribution >= 4 is 0 Å². The Kier molecular flexibility index (Phi) is 4.81. The highest BCUT2D eigenvalue weighted by Crippen LogP contribution is 2.25. The van der Waals surface area contributed by atoms with Gasteiger partial charge in [0.15, 0.2) is 0 Å². The van der Waals surface area contributed by atoms with E-state index in [2.05, 4.69) is 44.3 Å². The Bertz CT molecular complexity index is 320. The molecule has 0 heterocycles. The lowest BCUT2D eigenvalue weighted by atomic mass is 9.84. The molecule has 90 valence electrons. The Morgan fingerprint density at radius 2 is 2.06 bits per heavy atom. The first-order chi connectivity index (χ1) is 7.60. The van der Waals surface area contributed by atoms with Gasteiger partial charge in [0.05, 0.1) is 7.11 Å². The van der Waals surface area contributed by atoms with E-state index in [9.17, 15) is 0 Å². The highest BCUT2D eigenvalue weighted by molar-refractivity contribution is 5.33. The highest BCUT2D eigenvalue weighted by Gasteiger charge is 2.20. The summed E-state index contributed by atoms with van der Waals surface area (Å²) in [6.07, 6.45) is 1.17. The van der Waals surface area contributed by atoms with Crippen molar-refractivity contribution in [3.63, 3.8) is 0 Å². The molecule has 0 aromatic heterocycles. The maximum absolute atomic E-state index is 5.26. The standard InChI is InChI=1S/C14H23NO/c1-5-9-15-11-14(2,3)12-7-6-8-13(10-12)16-4/h6-8,10,15H,5,9,11H2,1-4H3. The zero-order chi connectivity index (χ0) is 12.0. The third-order valence-electron chi connectivity index (χ3n) is 2.84. The predicted octanol–water partition coefficient (Wildman–Crippen LogP) is 2.97. The number of methoxy groups -OCH3 is 1. The van der Waals surface area contributed by atoms with E-state index in [1.54, 1.807) is 7.11 Å². The summed E-state index contributed by atoms with van der Waals surface area (Å²) in [5.41, 5.74) is 1.46. The molecule has 1 rings (SSSR count). The van der Waals surface area contributed by atoms with Gasteiger partial charge in [-0.3, -0.25) is 0 Å². The molecule has 0 saturated carbocycles. The second kappa shape index (κ2) is 5.90. The molecule has 0 unspecified atom stereocenters. The summed E-state index contributed by atoms with van der Waals surface area (Å²) in [4.78, 5) is 0. The van der Waals surface area contributed by atoms with E-state index in [1.807, 2.05) is 6.07 Å². The van der Waals surface area contributed by atoms with Crippen LogP contribution in [0.1, 0.15) is 32.8 Å². The molecule has 0 bridgehead atoms. The second-order valence-electron chi connectivity index (χ2n) is 4.79. The van der Waals surface area contributed by atoms with E-state index >= 15 is 0 Å². The number of benzene rings is 1. The highest BCUT2D eigenvalue weighted by atomic mass is 16.5. The Morgan fingerprint density at radius 1 is 1.31 bits per heavy atom. The van der Waals surface area contributed by atoms with Gasteiger partial charge in [0.1, 0.15) is 5.75 Å². The van der Waals surface area contributed by atoms with Gasteiger partial charge in [-0.05, 0) is 30.7 Å². The van der Waals surface area contributed by atoms with Gasteiger partial charge in [-0.1, -0.05) is 32.9 Å². The number of hydrogen-bond acceptors (Lipinski definition) is 2. The smallest absolute Gasteiger partial charge is 0.119 e. The van der Waals surface area contributed by atoms with Crippen LogP contribution in [0.2, 0.25) is 0 Å². The second-order valence-corrected chi connectivity index (χ2v) is 4.79. The molecule has 0 spiro atoms.